The van der Waals surface area contributed by atoms with Crippen LogP contribution in [0.15, 0.2) is 0 Å². The molecule has 0 aromatic heterocycles. The first kappa shape index (κ1) is 12.3. The average Bonchev–Trinajstić information content (AvgIpc) is 1.84. The molecule has 0 fully saturated rings. The van der Waals surface area contributed by atoms with Crippen molar-refractivity contribution in [1.29, 1.82) is 0 Å². The molecule has 0 rings (SSSR count). The fourth-order valence-corrected chi connectivity index (χ4v) is 0.167. The number of ether oxygens (including phenoxy) is 2. The van der Waals surface area contributed by atoms with Gasteiger partial charge in [0.05, 0.1) is 14.2 Å². The van der Waals surface area contributed by atoms with E-state index in [4.69, 9.17) is 0 Å². The number of esters is 2. The van der Waals surface area contributed by atoms with Crippen LogP contribution in [0.25, 0.3) is 0 Å². The summed E-state index contributed by atoms with van der Waals surface area (Å²) in [5.74, 6) is -1.96. The molecule has 0 aromatic rings. The van der Waals surface area contributed by atoms with E-state index in [-0.39, 0.29) is 51.4 Å². The molecule has 4 nitrogen and oxygen atoms in total. The summed E-state index contributed by atoms with van der Waals surface area (Å²) in [7, 11) is 2.22. The predicted molar refractivity (Wildman–Crippen MR) is 29.8 cm³/mol. The van der Waals surface area contributed by atoms with E-state index < -0.39 is 11.9 Å². The van der Waals surface area contributed by atoms with Gasteiger partial charge in [0.15, 0.2) is 0 Å². The number of hydrogen-bond donors (Lipinski definition) is 0. The Morgan fingerprint density at radius 2 is 1.22 bits per heavy atom. The molecule has 0 spiro atoms. The zero-order valence-corrected chi connectivity index (χ0v) is 8.76. The molecule has 0 bridgehead atoms. The number of carbonyl (C=O) groups excluding carboxylic acids is 2. The summed E-state index contributed by atoms with van der Waals surface area (Å²) in [6, 6.07) is 0. The van der Waals surface area contributed by atoms with Crippen molar-refractivity contribution in [2.24, 2.45) is 0 Å². The molecule has 0 unspecified atom stereocenters. The van der Waals surface area contributed by atoms with E-state index in [2.05, 4.69) is 9.47 Å². The second kappa shape index (κ2) is 6.69. The summed E-state index contributed by atoms with van der Waals surface area (Å²) in [5.41, 5.74) is 0. The van der Waals surface area contributed by atoms with Crippen LogP contribution < -0.4 is 0 Å². The first-order valence-corrected chi connectivity index (χ1v) is 1.88. The van der Waals surface area contributed by atoms with Gasteiger partial charge in [0.1, 0.15) is 0 Å². The van der Waals surface area contributed by atoms with E-state index in [1.807, 2.05) is 0 Å². The molecule has 9 heavy (non-hydrogen) atoms. The Bertz CT molecular complexity index is 97.1. The average molecular weight is 157 g/mol. The summed E-state index contributed by atoms with van der Waals surface area (Å²) in [6.07, 6.45) is 0. The molecule has 0 aliphatic heterocycles. The molecule has 5 heteroatoms. The van der Waals surface area contributed by atoms with Gasteiger partial charge in [-0.1, -0.05) is 0 Å². The monoisotopic (exact) mass is 157 g/mol. The fourth-order valence-electron chi connectivity index (χ4n) is 0.167. The molecular weight excluding hydrogens is 151 g/mol. The van der Waals surface area contributed by atoms with Gasteiger partial charge >= 0.3 is 11.9 Å². The van der Waals surface area contributed by atoms with E-state index in [0.29, 0.717) is 0 Å². The Kier molecular flexibility index (Phi) is 9.13. The molecule has 47 valence electrons. The van der Waals surface area contributed by atoms with Gasteiger partial charge in [-0.3, -0.25) is 0 Å². The molecule has 0 saturated carbocycles. The zero-order chi connectivity index (χ0) is 6.57. The second-order valence-corrected chi connectivity index (χ2v) is 0.983. The van der Waals surface area contributed by atoms with E-state index >= 15 is 0 Å². The minimum absolute atomic E-state index is 0. The molecule has 0 aliphatic rings. The van der Waals surface area contributed by atoms with Crippen molar-refractivity contribution in [3.63, 3.8) is 0 Å². The second-order valence-electron chi connectivity index (χ2n) is 0.983. The molecule has 0 N–H and O–H groups in total. The standard InChI is InChI=1S/C4H6O4.K/c1-7-3(5)4(6)8-2;/h1-2H3;. The van der Waals surface area contributed by atoms with Crippen molar-refractivity contribution in [3.05, 3.63) is 0 Å². The van der Waals surface area contributed by atoms with Crippen molar-refractivity contribution in [1.82, 2.24) is 0 Å². The van der Waals surface area contributed by atoms with Crippen molar-refractivity contribution < 1.29 is 19.1 Å². The zero-order valence-electron chi connectivity index (χ0n) is 5.63. The smallest absolute Gasteiger partial charge is 0.417 e. The number of methoxy groups -OCH3 is 2. The van der Waals surface area contributed by atoms with Crippen LogP contribution in [0.5, 0.6) is 0 Å². The molecule has 0 aliphatic carbocycles. The van der Waals surface area contributed by atoms with Gasteiger partial charge < -0.3 is 9.47 Å². The van der Waals surface area contributed by atoms with Gasteiger partial charge in [0.2, 0.25) is 0 Å². The van der Waals surface area contributed by atoms with Gasteiger partial charge in [0, 0.05) is 51.4 Å². The van der Waals surface area contributed by atoms with Gasteiger partial charge in [-0.15, -0.1) is 0 Å². The quantitative estimate of drug-likeness (QED) is 0.256. The third-order valence-corrected chi connectivity index (χ3v) is 0.537. The molecule has 0 aromatic carbocycles. The summed E-state index contributed by atoms with van der Waals surface area (Å²) >= 11 is 0. The van der Waals surface area contributed by atoms with Crippen molar-refractivity contribution >= 4 is 63.3 Å². The molecule has 0 heterocycles. The van der Waals surface area contributed by atoms with E-state index in [0.717, 1.165) is 14.2 Å². The Balaban J connectivity index is 0. The first-order valence-electron chi connectivity index (χ1n) is 1.88. The molecule has 0 saturated heterocycles. The maximum atomic E-state index is 10.0. The van der Waals surface area contributed by atoms with Gasteiger partial charge in [-0.2, -0.15) is 0 Å². The van der Waals surface area contributed by atoms with Crippen LogP contribution >= 0.6 is 0 Å². The Morgan fingerprint density at radius 3 is 1.33 bits per heavy atom. The molecular formula is C4H6KO4. The maximum absolute atomic E-state index is 10.0. The summed E-state index contributed by atoms with van der Waals surface area (Å²) in [4.78, 5) is 20.1. The van der Waals surface area contributed by atoms with Gasteiger partial charge in [-0.25, -0.2) is 9.59 Å². The Hall–Kier alpha value is 0.576. The predicted octanol–water partition coefficient (Wildman–Crippen LogP) is -1.05. The van der Waals surface area contributed by atoms with E-state index in [9.17, 15) is 9.59 Å². The first-order chi connectivity index (χ1) is 3.72. The van der Waals surface area contributed by atoms with E-state index in [1.54, 1.807) is 0 Å². The molecule has 0 amide bonds. The van der Waals surface area contributed by atoms with Crippen LogP contribution in [0.2, 0.25) is 0 Å². The number of hydrogen-bond acceptors (Lipinski definition) is 4. The van der Waals surface area contributed by atoms with Crippen LogP contribution in [0.4, 0.5) is 0 Å². The summed E-state index contributed by atoms with van der Waals surface area (Å²) < 4.78 is 7.98. The van der Waals surface area contributed by atoms with Crippen molar-refractivity contribution in [2.75, 3.05) is 14.2 Å². The normalized spacial score (nSPS) is 6.89. The van der Waals surface area contributed by atoms with Gasteiger partial charge in [-0.05, 0) is 0 Å². The van der Waals surface area contributed by atoms with Crippen LogP contribution in [-0.4, -0.2) is 77.5 Å². The Labute approximate surface area is 95.3 Å². The molecule has 1 radical (unpaired) electrons. The topological polar surface area (TPSA) is 52.6 Å². The summed E-state index contributed by atoms with van der Waals surface area (Å²) in [6.45, 7) is 0. The minimum Gasteiger partial charge on any atom is -0.461 e. The van der Waals surface area contributed by atoms with Gasteiger partial charge in [0.25, 0.3) is 0 Å². The Morgan fingerprint density at radius 1 is 1.00 bits per heavy atom. The SMILES string of the molecule is COC(=O)C(=O)OC.[K]. The largest absolute Gasteiger partial charge is 0.461 e. The number of carbonyl (C=O) groups is 2. The maximum Gasteiger partial charge on any atom is 0.417 e. The molecule has 0 atom stereocenters. The number of rotatable bonds is 0. The summed E-state index contributed by atoms with van der Waals surface area (Å²) in [5, 5.41) is 0. The van der Waals surface area contributed by atoms with Crippen molar-refractivity contribution in [3.8, 4) is 0 Å². The third-order valence-electron chi connectivity index (χ3n) is 0.537. The van der Waals surface area contributed by atoms with Crippen molar-refractivity contribution in [2.45, 2.75) is 0 Å². The third kappa shape index (κ3) is 5.04. The van der Waals surface area contributed by atoms with E-state index in [1.165, 1.54) is 0 Å². The van der Waals surface area contributed by atoms with Crippen LogP contribution in [0, 0.1) is 0 Å². The van der Waals surface area contributed by atoms with Crippen LogP contribution in [-0.2, 0) is 19.1 Å². The van der Waals surface area contributed by atoms with Crippen LogP contribution in [0.3, 0.4) is 0 Å². The van der Waals surface area contributed by atoms with Crippen LogP contribution in [0.1, 0.15) is 0 Å². The fraction of sp³-hybridized carbons (Fsp3) is 0.500. The minimum atomic E-state index is -0.979.